The molecule has 0 spiro atoms. The fourth-order valence-electron chi connectivity index (χ4n) is 1.88. The minimum atomic E-state index is -0.113. The van der Waals surface area contributed by atoms with Gasteiger partial charge in [0.15, 0.2) is 0 Å². The van der Waals surface area contributed by atoms with Crippen molar-refractivity contribution >= 4 is 5.82 Å². The minimum absolute atomic E-state index is 0.113. The molecule has 0 aliphatic rings. The predicted octanol–water partition coefficient (Wildman–Crippen LogP) is 2.66. The van der Waals surface area contributed by atoms with E-state index in [2.05, 4.69) is 31.0 Å². The Morgan fingerprint density at radius 1 is 1.24 bits per heavy atom. The number of phenolic OH excluding ortho intramolecular Hbond substituents is 1. The van der Waals surface area contributed by atoms with E-state index in [0.717, 1.165) is 11.1 Å². The van der Waals surface area contributed by atoms with Gasteiger partial charge in [-0.05, 0) is 11.0 Å². The van der Waals surface area contributed by atoms with Crippen LogP contribution in [0.3, 0.4) is 0 Å². The van der Waals surface area contributed by atoms with Crippen LogP contribution < -0.4 is 5.73 Å². The lowest BCUT2D eigenvalue weighted by molar-refractivity contribution is 0.448. The van der Waals surface area contributed by atoms with E-state index in [1.165, 1.54) is 0 Å². The topological polar surface area (TPSA) is 74.9 Å². The van der Waals surface area contributed by atoms with Gasteiger partial charge < -0.3 is 10.8 Å². The molecule has 0 saturated heterocycles. The Labute approximate surface area is 100 Å². The van der Waals surface area contributed by atoms with Gasteiger partial charge in [-0.3, -0.25) is 5.10 Å². The molecule has 0 bridgehead atoms. The lowest BCUT2D eigenvalue weighted by atomic mass is 9.84. The molecule has 0 aliphatic carbocycles. The van der Waals surface area contributed by atoms with Crippen LogP contribution >= 0.6 is 0 Å². The maximum absolute atomic E-state index is 10.3. The molecule has 2 aromatic rings. The van der Waals surface area contributed by atoms with Crippen LogP contribution in [-0.2, 0) is 5.41 Å². The molecule has 0 saturated carbocycles. The summed E-state index contributed by atoms with van der Waals surface area (Å²) in [5.41, 5.74) is 8.00. The van der Waals surface area contributed by atoms with Crippen molar-refractivity contribution in [3.63, 3.8) is 0 Å². The molecule has 1 aromatic carbocycles. The second kappa shape index (κ2) is 3.80. The van der Waals surface area contributed by atoms with Gasteiger partial charge in [0.2, 0.25) is 0 Å². The number of para-hydroxylation sites is 1. The summed E-state index contributed by atoms with van der Waals surface area (Å²) < 4.78 is 0. The molecule has 1 aromatic heterocycles. The third-order valence-electron chi connectivity index (χ3n) is 2.80. The quantitative estimate of drug-likeness (QED) is 0.706. The van der Waals surface area contributed by atoms with Crippen molar-refractivity contribution in [3.05, 3.63) is 30.0 Å². The molecule has 0 amide bonds. The molecule has 0 atom stereocenters. The summed E-state index contributed by atoms with van der Waals surface area (Å²) >= 11 is 0. The molecule has 17 heavy (non-hydrogen) atoms. The molecule has 2 rings (SSSR count). The van der Waals surface area contributed by atoms with Gasteiger partial charge in [-0.1, -0.05) is 39.0 Å². The van der Waals surface area contributed by atoms with Crippen LogP contribution in [0.5, 0.6) is 5.75 Å². The van der Waals surface area contributed by atoms with E-state index in [-0.39, 0.29) is 11.2 Å². The van der Waals surface area contributed by atoms with E-state index in [0.29, 0.717) is 11.4 Å². The normalized spacial score (nSPS) is 11.7. The Morgan fingerprint density at radius 3 is 2.47 bits per heavy atom. The number of phenols is 1. The first-order valence-electron chi connectivity index (χ1n) is 5.53. The van der Waals surface area contributed by atoms with Gasteiger partial charge >= 0.3 is 0 Å². The van der Waals surface area contributed by atoms with Crippen molar-refractivity contribution in [2.45, 2.75) is 26.2 Å². The molecule has 4 N–H and O–H groups in total. The van der Waals surface area contributed by atoms with E-state index < -0.39 is 0 Å². The van der Waals surface area contributed by atoms with Gasteiger partial charge in [-0.2, -0.15) is 5.10 Å². The molecule has 90 valence electrons. The number of aromatic amines is 1. The molecule has 4 nitrogen and oxygen atoms in total. The van der Waals surface area contributed by atoms with Gasteiger partial charge in [0.25, 0.3) is 0 Å². The first-order valence-corrected chi connectivity index (χ1v) is 5.53. The predicted molar refractivity (Wildman–Crippen MR) is 68.8 cm³/mol. The van der Waals surface area contributed by atoms with Crippen LogP contribution in [0.1, 0.15) is 26.3 Å². The number of benzene rings is 1. The Balaban J connectivity index is 2.62. The highest BCUT2D eigenvalue weighted by Crippen LogP contribution is 2.39. The van der Waals surface area contributed by atoms with Crippen molar-refractivity contribution in [1.82, 2.24) is 10.2 Å². The number of aromatic nitrogens is 2. The third-order valence-corrected chi connectivity index (χ3v) is 2.80. The summed E-state index contributed by atoms with van der Waals surface area (Å²) in [5.74, 6) is 0.736. The van der Waals surface area contributed by atoms with E-state index in [1.54, 1.807) is 6.20 Å². The van der Waals surface area contributed by atoms with Gasteiger partial charge in [0.05, 0.1) is 6.20 Å². The molecule has 0 radical (unpaired) electrons. The number of nitrogen functional groups attached to an aromatic ring is 1. The molecule has 4 heteroatoms. The summed E-state index contributed by atoms with van der Waals surface area (Å²) in [6.07, 6.45) is 1.62. The zero-order chi connectivity index (χ0) is 12.6. The summed E-state index contributed by atoms with van der Waals surface area (Å²) in [6.45, 7) is 6.18. The number of nitrogens with zero attached hydrogens (tertiary/aromatic N) is 1. The highest BCUT2D eigenvalue weighted by molar-refractivity contribution is 5.79. The minimum Gasteiger partial charge on any atom is -0.507 e. The zero-order valence-corrected chi connectivity index (χ0v) is 10.3. The van der Waals surface area contributed by atoms with Crippen molar-refractivity contribution in [1.29, 1.82) is 0 Å². The van der Waals surface area contributed by atoms with Crippen LogP contribution in [-0.4, -0.2) is 15.3 Å². The number of anilines is 1. The van der Waals surface area contributed by atoms with Gasteiger partial charge in [-0.15, -0.1) is 0 Å². The van der Waals surface area contributed by atoms with Gasteiger partial charge in [-0.25, -0.2) is 0 Å². The molecule has 0 fully saturated rings. The lowest BCUT2D eigenvalue weighted by Gasteiger charge is -2.21. The molecule has 0 aliphatic heterocycles. The van der Waals surface area contributed by atoms with E-state index in [1.807, 2.05) is 18.2 Å². The summed E-state index contributed by atoms with van der Waals surface area (Å²) in [5, 5.41) is 16.9. The second-order valence-corrected chi connectivity index (χ2v) is 5.15. The van der Waals surface area contributed by atoms with Crippen molar-refractivity contribution in [2.75, 3.05) is 5.73 Å². The van der Waals surface area contributed by atoms with E-state index in [4.69, 9.17) is 5.73 Å². The van der Waals surface area contributed by atoms with Crippen molar-refractivity contribution in [3.8, 4) is 16.9 Å². The average Bonchev–Trinajstić information content (AvgIpc) is 2.63. The fraction of sp³-hybridized carbons (Fsp3) is 0.308. The lowest BCUT2D eigenvalue weighted by Crippen LogP contribution is -2.11. The molecular weight excluding hydrogens is 214 g/mol. The van der Waals surface area contributed by atoms with E-state index >= 15 is 0 Å². The number of nitrogens with two attached hydrogens (primary N) is 1. The van der Waals surface area contributed by atoms with Crippen LogP contribution in [0.2, 0.25) is 0 Å². The van der Waals surface area contributed by atoms with Crippen molar-refractivity contribution in [2.24, 2.45) is 0 Å². The smallest absolute Gasteiger partial charge is 0.127 e. The molecule has 1 heterocycles. The Kier molecular flexibility index (Phi) is 2.58. The zero-order valence-electron chi connectivity index (χ0n) is 10.3. The number of rotatable bonds is 1. The van der Waals surface area contributed by atoms with Gasteiger partial charge in [0.1, 0.15) is 11.6 Å². The van der Waals surface area contributed by atoms with Crippen LogP contribution in [0.25, 0.3) is 11.1 Å². The summed E-state index contributed by atoms with van der Waals surface area (Å²) in [4.78, 5) is 0. The maximum Gasteiger partial charge on any atom is 0.127 e. The molecular formula is C13H17N3O. The first kappa shape index (κ1) is 11.5. The van der Waals surface area contributed by atoms with Crippen LogP contribution in [0.4, 0.5) is 5.82 Å². The van der Waals surface area contributed by atoms with Gasteiger partial charge in [0, 0.05) is 11.1 Å². The Morgan fingerprint density at radius 2 is 1.94 bits per heavy atom. The second-order valence-electron chi connectivity index (χ2n) is 5.15. The van der Waals surface area contributed by atoms with Crippen LogP contribution in [0.15, 0.2) is 24.4 Å². The Hall–Kier alpha value is -1.97. The highest BCUT2D eigenvalue weighted by atomic mass is 16.3. The summed E-state index contributed by atoms with van der Waals surface area (Å²) in [7, 11) is 0. The SMILES string of the molecule is CC(C)(C)c1cccc(-c2cn[nH]c2N)c1O. The Bertz CT molecular complexity index is 538. The molecule has 0 unspecified atom stereocenters. The largest absolute Gasteiger partial charge is 0.507 e. The average molecular weight is 231 g/mol. The van der Waals surface area contributed by atoms with Crippen molar-refractivity contribution < 1.29 is 5.11 Å². The maximum atomic E-state index is 10.3. The summed E-state index contributed by atoms with van der Waals surface area (Å²) in [6, 6.07) is 5.68. The monoisotopic (exact) mass is 231 g/mol. The standard InChI is InChI=1S/C13H17N3O/c1-13(2,3)10-6-4-5-8(11(10)17)9-7-15-16-12(9)14/h4-7,17H,1-3H3,(H3,14,15,16). The van der Waals surface area contributed by atoms with Crippen LogP contribution in [0, 0.1) is 0 Å². The number of hydrogen-bond donors (Lipinski definition) is 3. The van der Waals surface area contributed by atoms with E-state index in [9.17, 15) is 5.11 Å². The number of aromatic hydroxyl groups is 1. The third kappa shape index (κ3) is 1.98. The number of nitrogens with one attached hydrogen (secondary N) is 1. The number of hydrogen-bond acceptors (Lipinski definition) is 3. The number of H-pyrrole nitrogens is 1. The highest BCUT2D eigenvalue weighted by Gasteiger charge is 2.21. The first-order chi connectivity index (χ1) is 7.91. The fourth-order valence-corrected chi connectivity index (χ4v) is 1.88.